The third-order valence-corrected chi connectivity index (χ3v) is 2.43. The number of carbonyl (C=O) groups is 1. The van der Waals surface area contributed by atoms with Crippen molar-refractivity contribution in [2.24, 2.45) is 0 Å². The van der Waals surface area contributed by atoms with Crippen LogP contribution in [0.25, 0.3) is 0 Å². The van der Waals surface area contributed by atoms with Crippen LogP contribution in [-0.4, -0.2) is 16.1 Å². The summed E-state index contributed by atoms with van der Waals surface area (Å²) in [6.07, 6.45) is 0. The summed E-state index contributed by atoms with van der Waals surface area (Å²) in [6, 6.07) is 11.7. The lowest BCUT2D eigenvalue weighted by Gasteiger charge is -2.06. The van der Waals surface area contributed by atoms with Gasteiger partial charge in [0.25, 0.3) is 5.91 Å². The van der Waals surface area contributed by atoms with Crippen LogP contribution in [0.5, 0.6) is 11.5 Å². The lowest BCUT2D eigenvalue weighted by atomic mass is 10.1. The summed E-state index contributed by atoms with van der Waals surface area (Å²) >= 11 is 0. The Morgan fingerprint density at radius 1 is 1.05 bits per heavy atom. The van der Waals surface area contributed by atoms with E-state index >= 15 is 0 Å². The molecule has 0 aromatic heterocycles. The SMILES string of the molecule is N#Cc1cc(O)cc(NC(=O)c2ccc(O)cc2)c1. The van der Waals surface area contributed by atoms with Gasteiger partial charge in [0.2, 0.25) is 0 Å². The number of rotatable bonds is 2. The monoisotopic (exact) mass is 254 g/mol. The Kier molecular flexibility index (Phi) is 3.35. The van der Waals surface area contributed by atoms with Gasteiger partial charge in [-0.3, -0.25) is 4.79 Å². The third kappa shape index (κ3) is 3.01. The van der Waals surface area contributed by atoms with Crippen LogP contribution in [0.3, 0.4) is 0 Å². The normalized spacial score (nSPS) is 9.63. The minimum atomic E-state index is -0.394. The first-order chi connectivity index (χ1) is 9.08. The van der Waals surface area contributed by atoms with Crippen LogP contribution in [0.2, 0.25) is 0 Å². The van der Waals surface area contributed by atoms with Crippen molar-refractivity contribution in [1.82, 2.24) is 0 Å². The maximum Gasteiger partial charge on any atom is 0.255 e. The van der Waals surface area contributed by atoms with Gasteiger partial charge < -0.3 is 15.5 Å². The van der Waals surface area contributed by atoms with Crippen LogP contribution < -0.4 is 5.32 Å². The Morgan fingerprint density at radius 3 is 2.37 bits per heavy atom. The van der Waals surface area contributed by atoms with E-state index in [0.717, 1.165) is 0 Å². The fraction of sp³-hybridized carbons (Fsp3) is 0. The molecule has 0 spiro atoms. The number of hydrogen-bond donors (Lipinski definition) is 3. The van der Waals surface area contributed by atoms with Crippen molar-refractivity contribution < 1.29 is 15.0 Å². The fourth-order valence-electron chi connectivity index (χ4n) is 1.56. The van der Waals surface area contributed by atoms with Gasteiger partial charge in [-0.1, -0.05) is 0 Å². The third-order valence-electron chi connectivity index (χ3n) is 2.43. The van der Waals surface area contributed by atoms with E-state index in [1.54, 1.807) is 0 Å². The Hall–Kier alpha value is -3.00. The van der Waals surface area contributed by atoms with Crippen molar-refractivity contribution in [2.75, 3.05) is 5.32 Å². The number of nitrogens with zero attached hydrogens (tertiary/aromatic N) is 1. The lowest BCUT2D eigenvalue weighted by molar-refractivity contribution is 0.102. The van der Waals surface area contributed by atoms with Crippen molar-refractivity contribution in [3.8, 4) is 17.6 Å². The van der Waals surface area contributed by atoms with E-state index in [4.69, 9.17) is 10.4 Å². The maximum absolute atomic E-state index is 11.9. The van der Waals surface area contributed by atoms with E-state index in [-0.39, 0.29) is 17.1 Å². The number of phenolic OH excluding ortho intramolecular Hbond substituents is 2. The molecule has 0 aliphatic carbocycles. The molecule has 94 valence electrons. The van der Waals surface area contributed by atoms with Crippen molar-refractivity contribution in [3.05, 3.63) is 53.6 Å². The first kappa shape index (κ1) is 12.5. The molecule has 5 heteroatoms. The van der Waals surface area contributed by atoms with E-state index < -0.39 is 5.91 Å². The van der Waals surface area contributed by atoms with Gasteiger partial charge in [-0.15, -0.1) is 0 Å². The molecule has 0 heterocycles. The number of hydrogen-bond acceptors (Lipinski definition) is 4. The number of phenols is 2. The lowest BCUT2D eigenvalue weighted by Crippen LogP contribution is -2.11. The molecule has 0 aliphatic rings. The number of benzene rings is 2. The molecule has 5 nitrogen and oxygen atoms in total. The van der Waals surface area contributed by atoms with Crippen molar-refractivity contribution in [3.63, 3.8) is 0 Å². The van der Waals surface area contributed by atoms with Crippen LogP contribution in [-0.2, 0) is 0 Å². The van der Waals surface area contributed by atoms with Gasteiger partial charge in [0.05, 0.1) is 11.6 Å². The molecule has 3 N–H and O–H groups in total. The molecule has 0 saturated carbocycles. The second-order valence-corrected chi connectivity index (χ2v) is 3.88. The minimum Gasteiger partial charge on any atom is -0.508 e. The molecule has 1 amide bonds. The van der Waals surface area contributed by atoms with E-state index in [9.17, 15) is 9.90 Å². The first-order valence-electron chi connectivity index (χ1n) is 5.43. The summed E-state index contributed by atoms with van der Waals surface area (Å²) < 4.78 is 0. The number of aromatic hydroxyl groups is 2. The predicted molar refractivity (Wildman–Crippen MR) is 68.9 cm³/mol. The van der Waals surface area contributed by atoms with E-state index in [2.05, 4.69) is 5.32 Å². The van der Waals surface area contributed by atoms with Gasteiger partial charge in [-0.05, 0) is 36.4 Å². The summed E-state index contributed by atoms with van der Waals surface area (Å²) in [5, 5.41) is 29.9. The van der Waals surface area contributed by atoms with Gasteiger partial charge in [0, 0.05) is 17.3 Å². The smallest absolute Gasteiger partial charge is 0.255 e. The van der Waals surface area contributed by atoms with Crippen molar-refractivity contribution >= 4 is 11.6 Å². The van der Waals surface area contributed by atoms with E-state index in [0.29, 0.717) is 11.3 Å². The summed E-state index contributed by atoms with van der Waals surface area (Å²) in [5.74, 6) is -0.421. The molecule has 0 bridgehead atoms. The second-order valence-electron chi connectivity index (χ2n) is 3.88. The highest BCUT2D eigenvalue weighted by atomic mass is 16.3. The molecule has 2 aromatic rings. The summed E-state index contributed by atoms with van der Waals surface area (Å²) in [7, 11) is 0. The summed E-state index contributed by atoms with van der Waals surface area (Å²) in [6.45, 7) is 0. The minimum absolute atomic E-state index is 0.0701. The Morgan fingerprint density at radius 2 is 1.74 bits per heavy atom. The van der Waals surface area contributed by atoms with Gasteiger partial charge in [-0.25, -0.2) is 0 Å². The van der Waals surface area contributed by atoms with Crippen LogP contribution in [0.1, 0.15) is 15.9 Å². The van der Waals surface area contributed by atoms with Gasteiger partial charge in [0.15, 0.2) is 0 Å². The van der Waals surface area contributed by atoms with Crippen molar-refractivity contribution in [1.29, 1.82) is 5.26 Å². The zero-order valence-corrected chi connectivity index (χ0v) is 9.79. The van der Waals surface area contributed by atoms with E-state index in [1.165, 1.54) is 42.5 Å². The predicted octanol–water partition coefficient (Wildman–Crippen LogP) is 2.22. The average Bonchev–Trinajstić information content (AvgIpc) is 2.38. The van der Waals surface area contributed by atoms with Gasteiger partial charge >= 0.3 is 0 Å². The van der Waals surface area contributed by atoms with E-state index in [1.807, 2.05) is 6.07 Å². The molecule has 0 fully saturated rings. The number of nitrogens with one attached hydrogen (secondary N) is 1. The van der Waals surface area contributed by atoms with Gasteiger partial charge in [0.1, 0.15) is 11.5 Å². The molecule has 2 aromatic carbocycles. The zero-order valence-electron chi connectivity index (χ0n) is 9.79. The highest BCUT2D eigenvalue weighted by Gasteiger charge is 2.07. The Bertz CT molecular complexity index is 657. The van der Waals surface area contributed by atoms with Crippen LogP contribution in [0.4, 0.5) is 5.69 Å². The molecule has 0 radical (unpaired) electrons. The molecule has 0 unspecified atom stereocenters. The number of anilines is 1. The van der Waals surface area contributed by atoms with Crippen LogP contribution in [0.15, 0.2) is 42.5 Å². The standard InChI is InChI=1S/C14H10N2O3/c15-8-9-5-11(7-13(18)6-9)16-14(19)10-1-3-12(17)4-2-10/h1-7,17-18H,(H,16,19). The van der Waals surface area contributed by atoms with Crippen LogP contribution >= 0.6 is 0 Å². The number of nitriles is 1. The first-order valence-corrected chi connectivity index (χ1v) is 5.43. The molecule has 0 saturated heterocycles. The Labute approximate surface area is 109 Å². The zero-order chi connectivity index (χ0) is 13.8. The molecular weight excluding hydrogens is 244 g/mol. The summed E-state index contributed by atoms with van der Waals surface area (Å²) in [5.41, 5.74) is 0.940. The molecule has 0 aliphatic heterocycles. The van der Waals surface area contributed by atoms with Crippen LogP contribution in [0, 0.1) is 11.3 Å². The van der Waals surface area contributed by atoms with Gasteiger partial charge in [-0.2, -0.15) is 5.26 Å². The average molecular weight is 254 g/mol. The molecule has 19 heavy (non-hydrogen) atoms. The molecule has 0 atom stereocenters. The number of amides is 1. The maximum atomic E-state index is 11.9. The molecule has 2 rings (SSSR count). The second kappa shape index (κ2) is 5.10. The van der Waals surface area contributed by atoms with Crippen molar-refractivity contribution in [2.45, 2.75) is 0 Å². The topological polar surface area (TPSA) is 93.4 Å². The quantitative estimate of drug-likeness (QED) is 0.766. The summed E-state index contributed by atoms with van der Waals surface area (Å²) in [4.78, 5) is 11.9. The number of carbonyl (C=O) groups excluding carboxylic acids is 1. The highest BCUT2D eigenvalue weighted by molar-refractivity contribution is 6.04. The Balaban J connectivity index is 2.22. The highest BCUT2D eigenvalue weighted by Crippen LogP contribution is 2.20. The fourth-order valence-corrected chi connectivity index (χ4v) is 1.56. The largest absolute Gasteiger partial charge is 0.508 e. The molecular formula is C14H10N2O3.